The van der Waals surface area contributed by atoms with Crippen molar-refractivity contribution in [3.63, 3.8) is 0 Å². The lowest BCUT2D eigenvalue weighted by molar-refractivity contribution is -0.131. The molecule has 1 unspecified atom stereocenters. The van der Waals surface area contributed by atoms with E-state index in [1.807, 2.05) is 74.1 Å². The Morgan fingerprint density at radius 3 is 2.67 bits per heavy atom. The highest BCUT2D eigenvalue weighted by Crippen LogP contribution is 2.34. The van der Waals surface area contributed by atoms with Gasteiger partial charge in [0.2, 0.25) is 5.91 Å². The van der Waals surface area contributed by atoms with Crippen molar-refractivity contribution in [2.45, 2.75) is 85.9 Å². The van der Waals surface area contributed by atoms with Crippen molar-refractivity contribution < 1.29 is 9.53 Å². The second-order valence-electron chi connectivity index (χ2n) is 11.0. The van der Waals surface area contributed by atoms with Gasteiger partial charge < -0.3 is 9.64 Å². The number of fused-ring (bicyclic) bond motifs is 1. The van der Waals surface area contributed by atoms with Crippen molar-refractivity contribution in [2.75, 3.05) is 0 Å². The van der Waals surface area contributed by atoms with E-state index >= 15 is 0 Å². The summed E-state index contributed by atoms with van der Waals surface area (Å²) in [5.74, 6) is 1.06. The fourth-order valence-electron chi connectivity index (χ4n) is 4.76. The van der Waals surface area contributed by atoms with Crippen LogP contribution >= 0.6 is 0 Å². The van der Waals surface area contributed by atoms with Gasteiger partial charge in [-0.05, 0) is 76.1 Å². The molecule has 1 aliphatic rings. The first-order chi connectivity index (χ1) is 18.7. The molecule has 2 aromatic heterocycles. The van der Waals surface area contributed by atoms with Gasteiger partial charge in [0, 0.05) is 29.4 Å². The zero-order valence-corrected chi connectivity index (χ0v) is 24.1. The zero-order chi connectivity index (χ0) is 27.9. The minimum absolute atomic E-state index is 0.108. The average molecular weight is 528 g/mol. The maximum absolute atomic E-state index is 14.1. The summed E-state index contributed by atoms with van der Waals surface area (Å²) in [6.07, 6.45) is 10.4. The molecule has 7 nitrogen and oxygen atoms in total. The molecule has 1 aliphatic carbocycles. The Morgan fingerprint density at radius 1 is 1.15 bits per heavy atom. The molecule has 0 fully saturated rings. The van der Waals surface area contributed by atoms with E-state index < -0.39 is 0 Å². The molecule has 4 rings (SSSR count). The fourth-order valence-corrected chi connectivity index (χ4v) is 4.76. The Kier molecular flexibility index (Phi) is 9.33. The summed E-state index contributed by atoms with van der Waals surface area (Å²) in [6.45, 7) is 13.2. The summed E-state index contributed by atoms with van der Waals surface area (Å²) < 4.78 is 7.56. The lowest BCUT2D eigenvalue weighted by Gasteiger charge is -2.31. The van der Waals surface area contributed by atoms with Gasteiger partial charge >= 0.3 is 0 Å². The molecule has 0 spiro atoms. The van der Waals surface area contributed by atoms with Crippen LogP contribution in [0.25, 0.3) is 0 Å². The van der Waals surface area contributed by atoms with Crippen LogP contribution in [0.3, 0.4) is 0 Å². The Labute approximate surface area is 232 Å². The number of hydrogen-bond donors (Lipinski definition) is 0. The van der Waals surface area contributed by atoms with Gasteiger partial charge in [-0.25, -0.2) is 0 Å². The molecule has 0 saturated carbocycles. The third kappa shape index (κ3) is 7.43. The molecule has 0 N–H and O–H groups in total. The first-order valence-electron chi connectivity index (χ1n) is 13.9. The van der Waals surface area contributed by atoms with Crippen molar-refractivity contribution >= 4 is 11.6 Å². The van der Waals surface area contributed by atoms with Crippen LogP contribution in [0.4, 0.5) is 0 Å². The molecule has 1 atom stereocenters. The maximum atomic E-state index is 14.1. The molecule has 1 aromatic carbocycles. The monoisotopic (exact) mass is 527 g/mol. The summed E-state index contributed by atoms with van der Waals surface area (Å²) in [7, 11) is 0. The van der Waals surface area contributed by atoms with Gasteiger partial charge in [0.05, 0.1) is 43.2 Å². The lowest BCUT2D eigenvalue weighted by atomic mass is 9.82. The van der Waals surface area contributed by atoms with Crippen molar-refractivity contribution in [3.8, 4) is 5.75 Å². The third-order valence-corrected chi connectivity index (χ3v) is 7.17. The van der Waals surface area contributed by atoms with Crippen LogP contribution in [-0.4, -0.2) is 37.4 Å². The molecule has 39 heavy (non-hydrogen) atoms. The van der Waals surface area contributed by atoms with Crippen LogP contribution in [0.1, 0.15) is 82.7 Å². The first kappa shape index (κ1) is 28.3. The maximum Gasteiger partial charge on any atom is 0.234 e. The number of nitrogens with zero attached hydrogens (tertiary/aromatic N) is 5. The SMILES string of the molecule is CC(=N/C=C(\C)N(Cc1cnn(Cc2ccc(OC(C)C)cn2)c1)C(=O)C1CCCc2ccccc21)C(C)C. The topological polar surface area (TPSA) is 72.6 Å². The molecule has 2 heterocycles. The molecule has 0 bridgehead atoms. The zero-order valence-electron chi connectivity index (χ0n) is 24.1. The highest BCUT2D eigenvalue weighted by Gasteiger charge is 2.31. The van der Waals surface area contributed by atoms with Gasteiger partial charge in [-0.3, -0.25) is 19.5 Å². The number of aromatic nitrogens is 3. The Bertz CT molecular complexity index is 1320. The molecule has 1 amide bonds. The average Bonchev–Trinajstić information content (AvgIpc) is 3.37. The molecule has 0 radical (unpaired) electrons. The highest BCUT2D eigenvalue weighted by atomic mass is 16.5. The number of amides is 1. The molecular weight excluding hydrogens is 486 g/mol. The number of allylic oxidation sites excluding steroid dienone is 1. The lowest BCUT2D eigenvalue weighted by Crippen LogP contribution is -2.34. The highest BCUT2D eigenvalue weighted by molar-refractivity contribution is 5.86. The summed E-state index contributed by atoms with van der Waals surface area (Å²) in [5, 5.41) is 4.56. The summed E-state index contributed by atoms with van der Waals surface area (Å²) in [4.78, 5) is 25.1. The van der Waals surface area contributed by atoms with Gasteiger partial charge in [0.15, 0.2) is 0 Å². The number of hydrogen-bond acceptors (Lipinski definition) is 5. The van der Waals surface area contributed by atoms with Crippen molar-refractivity contribution in [1.82, 2.24) is 19.7 Å². The van der Waals surface area contributed by atoms with E-state index in [0.29, 0.717) is 19.0 Å². The Hall–Kier alpha value is -3.74. The van der Waals surface area contributed by atoms with Gasteiger partial charge in [-0.15, -0.1) is 0 Å². The van der Waals surface area contributed by atoms with E-state index in [9.17, 15) is 4.79 Å². The number of aryl methyl sites for hydroxylation is 1. The van der Waals surface area contributed by atoms with E-state index in [-0.39, 0.29) is 17.9 Å². The van der Waals surface area contributed by atoms with Crippen LogP contribution in [-0.2, 0) is 24.3 Å². The molecule has 0 aliphatic heterocycles. The predicted molar refractivity (Wildman–Crippen MR) is 156 cm³/mol. The van der Waals surface area contributed by atoms with Crippen LogP contribution < -0.4 is 4.74 Å². The fraction of sp³-hybridized carbons (Fsp3) is 0.438. The van der Waals surface area contributed by atoms with E-state index in [1.165, 1.54) is 5.56 Å². The summed E-state index contributed by atoms with van der Waals surface area (Å²) in [5.41, 5.74) is 6.15. The quantitative estimate of drug-likeness (QED) is 0.281. The smallest absolute Gasteiger partial charge is 0.234 e. The van der Waals surface area contributed by atoms with Crippen molar-refractivity contribution in [3.05, 3.63) is 89.3 Å². The molecule has 7 heteroatoms. The number of carbonyl (C=O) groups excluding carboxylic acids is 1. The predicted octanol–water partition coefficient (Wildman–Crippen LogP) is 6.54. The van der Waals surface area contributed by atoms with Gasteiger partial charge in [0.1, 0.15) is 5.75 Å². The largest absolute Gasteiger partial charge is 0.489 e. The third-order valence-electron chi connectivity index (χ3n) is 7.17. The number of rotatable bonds is 10. The standard InChI is InChI=1S/C32H41N5O2/c1-22(2)25(6)33-16-24(5)37(32(38)31-13-9-11-27-10-7-8-12-30(27)31)20-26-17-35-36(19-26)21-28-14-15-29(18-34-28)39-23(3)4/h7-8,10,12,14-19,22-23,31H,9,11,13,20-21H2,1-6H3/b24-16+,33-25?. The second-order valence-corrected chi connectivity index (χ2v) is 11.0. The molecule has 0 saturated heterocycles. The minimum Gasteiger partial charge on any atom is -0.489 e. The number of ether oxygens (including phenoxy) is 1. The number of aliphatic imine (C=N–C) groups is 1. The van der Waals surface area contributed by atoms with E-state index in [4.69, 9.17) is 4.74 Å². The van der Waals surface area contributed by atoms with Crippen LogP contribution in [0.5, 0.6) is 5.75 Å². The number of carbonyl (C=O) groups is 1. The normalized spacial score (nSPS) is 15.9. The molecular formula is C32H41N5O2. The van der Waals surface area contributed by atoms with Gasteiger partial charge in [0.25, 0.3) is 0 Å². The van der Waals surface area contributed by atoms with E-state index in [2.05, 4.69) is 47.1 Å². The number of benzene rings is 1. The Morgan fingerprint density at radius 2 is 1.95 bits per heavy atom. The van der Waals surface area contributed by atoms with Crippen LogP contribution in [0.2, 0.25) is 0 Å². The summed E-state index contributed by atoms with van der Waals surface area (Å²) >= 11 is 0. The van der Waals surface area contributed by atoms with E-state index in [1.54, 1.807) is 6.20 Å². The first-order valence-corrected chi connectivity index (χ1v) is 13.9. The summed E-state index contributed by atoms with van der Waals surface area (Å²) in [6, 6.07) is 12.2. The molecule has 206 valence electrons. The van der Waals surface area contributed by atoms with Gasteiger partial charge in [-0.1, -0.05) is 38.1 Å². The molecule has 3 aromatic rings. The minimum atomic E-state index is -0.153. The van der Waals surface area contributed by atoms with Crippen molar-refractivity contribution in [1.29, 1.82) is 0 Å². The Balaban J connectivity index is 1.55. The van der Waals surface area contributed by atoms with E-state index in [0.717, 1.165) is 53.2 Å². The van der Waals surface area contributed by atoms with Crippen LogP contribution in [0, 0.1) is 5.92 Å². The van der Waals surface area contributed by atoms with Crippen molar-refractivity contribution in [2.24, 2.45) is 10.9 Å². The number of pyridine rings is 1. The van der Waals surface area contributed by atoms with Gasteiger partial charge in [-0.2, -0.15) is 5.10 Å². The van der Waals surface area contributed by atoms with Crippen LogP contribution in [0.15, 0.2) is 71.9 Å². The second kappa shape index (κ2) is 12.9.